The number of hydrogen-bond donors (Lipinski definition) is 2. The van der Waals surface area contributed by atoms with Gasteiger partial charge < -0.3 is 14.6 Å². The monoisotopic (exact) mass is 420 g/mol. The van der Waals surface area contributed by atoms with E-state index in [0.29, 0.717) is 10.8 Å². The Labute approximate surface area is 185 Å². The zero-order valence-corrected chi connectivity index (χ0v) is 20.7. The molecule has 172 valence electrons. The van der Waals surface area contributed by atoms with Crippen LogP contribution in [0, 0.1) is 22.2 Å². The van der Waals surface area contributed by atoms with Crippen molar-refractivity contribution in [2.24, 2.45) is 16.7 Å². The molecular formula is C24H45BN2O3. The molecule has 2 N–H and O–H groups in total. The Balaban J connectivity index is 0.00000101. The van der Waals surface area contributed by atoms with E-state index in [9.17, 15) is 0 Å². The van der Waals surface area contributed by atoms with Gasteiger partial charge in [0, 0.05) is 12.1 Å². The zero-order chi connectivity index (χ0) is 22.8. The molecule has 3 fully saturated rings. The van der Waals surface area contributed by atoms with Crippen molar-refractivity contribution >= 4 is 13.2 Å². The Bertz CT molecular complexity index is 582. The molecule has 0 aromatic carbocycles. The molecule has 0 spiro atoms. The second-order valence-corrected chi connectivity index (χ2v) is 12.0. The highest BCUT2D eigenvalue weighted by Gasteiger charge is 2.51. The van der Waals surface area contributed by atoms with Gasteiger partial charge in [0.15, 0.2) is 0 Å². The van der Waals surface area contributed by atoms with Crippen molar-refractivity contribution in [1.29, 1.82) is 5.41 Å². The topological polar surface area (TPSA) is 71.4 Å². The third kappa shape index (κ3) is 5.57. The fraction of sp³-hybridized carbons (Fsp3) is 0.958. The molecule has 0 aromatic rings. The highest BCUT2D eigenvalue weighted by atomic mass is 16.7. The summed E-state index contributed by atoms with van der Waals surface area (Å²) in [5, 5.41) is 9.23. The van der Waals surface area contributed by atoms with Crippen LogP contribution in [0.3, 0.4) is 0 Å². The van der Waals surface area contributed by atoms with Gasteiger partial charge in [-0.05, 0) is 82.9 Å². The van der Waals surface area contributed by atoms with Gasteiger partial charge in [-0.1, -0.05) is 40.5 Å². The quantitative estimate of drug-likeness (QED) is 0.249. The third-order valence-corrected chi connectivity index (χ3v) is 8.78. The van der Waals surface area contributed by atoms with Crippen molar-refractivity contribution < 1.29 is 14.1 Å². The molecule has 3 rings (SSSR count). The van der Waals surface area contributed by atoms with Gasteiger partial charge in [0.1, 0.15) is 0 Å². The molecule has 2 bridgehead atoms. The Hall–Kier alpha value is -0.675. The molecule has 0 saturated carbocycles. The summed E-state index contributed by atoms with van der Waals surface area (Å²) in [6.45, 7) is 18.6. The second-order valence-electron chi connectivity index (χ2n) is 12.0. The van der Waals surface area contributed by atoms with Crippen LogP contribution in [0.2, 0.25) is 6.32 Å². The Kier molecular flexibility index (Phi) is 8.05. The standard InChI is InChI=1S/C23H44BNO2.CHNO/c1-20(2,3)23(8,17-15-18-11-12-19(16-17)25-18)13-9-10-14-24-26-21(4,5)22(6,7)27-24;2-1-3/h17-19,25H,9-16H2,1-8H3;2H. The number of fused-ring (bicyclic) bond motifs is 2. The molecule has 0 aromatic heterocycles. The van der Waals surface area contributed by atoms with E-state index >= 15 is 0 Å². The summed E-state index contributed by atoms with van der Waals surface area (Å²) in [4.78, 5) is 8.35. The number of carbonyl (C=O) groups excluding carboxylic acids is 1. The molecule has 0 amide bonds. The van der Waals surface area contributed by atoms with Crippen LogP contribution in [-0.4, -0.2) is 36.5 Å². The molecule has 5 nitrogen and oxygen atoms in total. The highest BCUT2D eigenvalue weighted by molar-refractivity contribution is 6.45. The molecule has 0 radical (unpaired) electrons. The number of unbranched alkanes of at least 4 members (excludes halogenated alkanes) is 1. The maximum Gasteiger partial charge on any atom is 0.457 e. The van der Waals surface area contributed by atoms with Gasteiger partial charge in [0.2, 0.25) is 6.08 Å². The minimum Gasteiger partial charge on any atom is -0.403 e. The average Bonchev–Trinajstić information content (AvgIpc) is 3.05. The van der Waals surface area contributed by atoms with Crippen molar-refractivity contribution in [3.05, 3.63) is 0 Å². The van der Waals surface area contributed by atoms with Crippen LogP contribution in [0.5, 0.6) is 0 Å². The minimum absolute atomic E-state index is 0.0365. The van der Waals surface area contributed by atoms with Gasteiger partial charge in [0.05, 0.1) is 11.2 Å². The minimum atomic E-state index is -0.202. The maximum atomic E-state index is 8.35. The van der Waals surface area contributed by atoms with Gasteiger partial charge in [-0.3, -0.25) is 0 Å². The maximum absolute atomic E-state index is 8.35. The van der Waals surface area contributed by atoms with Gasteiger partial charge in [-0.2, -0.15) is 0 Å². The molecule has 3 heterocycles. The summed E-state index contributed by atoms with van der Waals surface area (Å²) in [6.07, 6.45) is 11.1. The van der Waals surface area contributed by atoms with E-state index in [0.717, 1.165) is 30.4 Å². The molecule has 0 aliphatic carbocycles. The molecule has 30 heavy (non-hydrogen) atoms. The first-order chi connectivity index (χ1) is 13.8. The van der Waals surface area contributed by atoms with E-state index in [2.05, 4.69) is 60.7 Å². The SMILES string of the molecule is CC(C)(C)C(C)(CCCCB1OC(C)(C)C(C)(C)O1)C1CC2CCC(C1)N2.N=C=O. The van der Waals surface area contributed by atoms with E-state index in [1.165, 1.54) is 44.9 Å². The lowest BCUT2D eigenvalue weighted by Gasteiger charge is -2.51. The zero-order valence-electron chi connectivity index (χ0n) is 20.7. The summed E-state index contributed by atoms with van der Waals surface area (Å²) in [6, 6.07) is 1.56. The summed E-state index contributed by atoms with van der Waals surface area (Å²) < 4.78 is 12.4. The second kappa shape index (κ2) is 9.44. The van der Waals surface area contributed by atoms with E-state index in [4.69, 9.17) is 19.5 Å². The number of hydrogen-bond acceptors (Lipinski definition) is 5. The van der Waals surface area contributed by atoms with E-state index in [-0.39, 0.29) is 18.3 Å². The molecule has 3 unspecified atom stereocenters. The number of piperidine rings is 1. The first-order valence-electron chi connectivity index (χ1n) is 11.9. The summed E-state index contributed by atoms with van der Waals surface area (Å²) in [5.41, 5.74) is 0.350. The van der Waals surface area contributed by atoms with Crippen molar-refractivity contribution in [2.75, 3.05) is 0 Å². The van der Waals surface area contributed by atoms with Crippen LogP contribution in [0.4, 0.5) is 0 Å². The molecule has 3 saturated heterocycles. The van der Waals surface area contributed by atoms with Gasteiger partial charge in [-0.25, -0.2) is 10.2 Å². The number of rotatable bonds is 6. The first kappa shape index (κ1) is 25.6. The summed E-state index contributed by atoms with van der Waals surface area (Å²) in [7, 11) is -0.0365. The number of nitrogens with one attached hydrogen (secondary N) is 2. The third-order valence-electron chi connectivity index (χ3n) is 8.78. The fourth-order valence-electron chi connectivity index (χ4n) is 5.66. The van der Waals surface area contributed by atoms with Crippen LogP contribution in [0.25, 0.3) is 0 Å². The van der Waals surface area contributed by atoms with Crippen molar-refractivity contribution in [2.45, 2.75) is 130 Å². The van der Waals surface area contributed by atoms with Crippen LogP contribution < -0.4 is 5.32 Å². The predicted molar refractivity (Wildman–Crippen MR) is 123 cm³/mol. The smallest absolute Gasteiger partial charge is 0.403 e. The Morgan fingerprint density at radius 1 is 1.00 bits per heavy atom. The van der Waals surface area contributed by atoms with Crippen molar-refractivity contribution in [3.8, 4) is 0 Å². The lowest BCUT2D eigenvalue weighted by Crippen LogP contribution is -2.48. The summed E-state index contributed by atoms with van der Waals surface area (Å²) >= 11 is 0. The largest absolute Gasteiger partial charge is 0.457 e. The molecule has 3 atom stereocenters. The van der Waals surface area contributed by atoms with Crippen LogP contribution in [0.15, 0.2) is 0 Å². The van der Waals surface area contributed by atoms with E-state index < -0.39 is 0 Å². The lowest BCUT2D eigenvalue weighted by atomic mass is 9.56. The Morgan fingerprint density at radius 3 is 1.90 bits per heavy atom. The predicted octanol–water partition coefficient (Wildman–Crippen LogP) is 5.73. The molecule has 6 heteroatoms. The van der Waals surface area contributed by atoms with Crippen LogP contribution in [0.1, 0.15) is 100 Å². The average molecular weight is 420 g/mol. The van der Waals surface area contributed by atoms with Gasteiger partial charge in [-0.15, -0.1) is 0 Å². The van der Waals surface area contributed by atoms with Gasteiger partial charge in [0.25, 0.3) is 0 Å². The molecular weight excluding hydrogens is 375 g/mol. The first-order valence-corrected chi connectivity index (χ1v) is 11.9. The number of isocyanates is 1. The van der Waals surface area contributed by atoms with Crippen molar-refractivity contribution in [1.82, 2.24) is 5.32 Å². The molecule has 3 aliphatic heterocycles. The summed E-state index contributed by atoms with van der Waals surface area (Å²) in [5.74, 6) is 0.855. The fourth-order valence-corrected chi connectivity index (χ4v) is 5.66. The van der Waals surface area contributed by atoms with Crippen molar-refractivity contribution in [3.63, 3.8) is 0 Å². The van der Waals surface area contributed by atoms with Gasteiger partial charge >= 0.3 is 7.12 Å². The lowest BCUT2D eigenvalue weighted by molar-refractivity contribution is -0.00276. The Morgan fingerprint density at radius 2 is 1.47 bits per heavy atom. The highest BCUT2D eigenvalue weighted by Crippen LogP contribution is 2.53. The van der Waals surface area contributed by atoms with Crippen LogP contribution >= 0.6 is 0 Å². The van der Waals surface area contributed by atoms with Crippen LogP contribution in [-0.2, 0) is 14.1 Å². The molecule has 3 aliphatic rings. The van der Waals surface area contributed by atoms with E-state index in [1.807, 2.05) is 0 Å². The van der Waals surface area contributed by atoms with E-state index in [1.54, 1.807) is 0 Å². The normalized spacial score (nSPS) is 31.5.